The van der Waals surface area contributed by atoms with Gasteiger partial charge >= 0.3 is 0 Å². The number of phenols is 2. The molecule has 0 amide bonds. The molecule has 0 spiro atoms. The minimum absolute atomic E-state index is 0.344. The summed E-state index contributed by atoms with van der Waals surface area (Å²) in [6.45, 7) is 3.21. The van der Waals surface area contributed by atoms with Crippen LogP contribution in [0.15, 0.2) is 48.5 Å². The summed E-state index contributed by atoms with van der Waals surface area (Å²) in [5.74, 6) is 0.689. The van der Waals surface area contributed by atoms with E-state index in [0.29, 0.717) is 11.5 Å². The molecule has 2 aromatic carbocycles. The molecule has 0 bridgehead atoms. The van der Waals surface area contributed by atoms with Gasteiger partial charge in [-0.3, -0.25) is 0 Å². The third-order valence-electron chi connectivity index (χ3n) is 3.73. The highest BCUT2D eigenvalue weighted by Gasteiger charge is 2.08. The third-order valence-corrected chi connectivity index (χ3v) is 3.73. The van der Waals surface area contributed by atoms with Crippen molar-refractivity contribution in [1.82, 2.24) is 9.80 Å². The first-order chi connectivity index (χ1) is 10.6. The van der Waals surface area contributed by atoms with E-state index in [1.807, 2.05) is 50.5 Å². The molecule has 0 aliphatic carbocycles. The molecule has 0 radical (unpaired) electrons. The van der Waals surface area contributed by atoms with Crippen LogP contribution in [0.3, 0.4) is 0 Å². The lowest BCUT2D eigenvalue weighted by molar-refractivity contribution is 0.243. The Labute approximate surface area is 132 Å². The van der Waals surface area contributed by atoms with Crippen molar-refractivity contribution < 1.29 is 10.2 Å². The molecule has 4 heteroatoms. The largest absolute Gasteiger partial charge is 0.508 e. The topological polar surface area (TPSA) is 46.9 Å². The van der Waals surface area contributed by atoms with Crippen LogP contribution in [0, 0.1) is 0 Å². The molecular weight excluding hydrogens is 276 g/mol. The van der Waals surface area contributed by atoms with Gasteiger partial charge in [-0.05, 0) is 26.2 Å². The van der Waals surface area contributed by atoms with E-state index < -0.39 is 0 Å². The Bertz CT molecular complexity index is 548. The fourth-order valence-corrected chi connectivity index (χ4v) is 2.37. The molecule has 2 N–H and O–H groups in total. The zero-order chi connectivity index (χ0) is 15.9. The maximum atomic E-state index is 9.80. The number of hydrogen-bond donors (Lipinski definition) is 2. The second-order valence-corrected chi connectivity index (χ2v) is 5.73. The van der Waals surface area contributed by atoms with Crippen molar-refractivity contribution in [2.45, 2.75) is 13.1 Å². The Hall–Kier alpha value is -2.04. The van der Waals surface area contributed by atoms with E-state index >= 15 is 0 Å². The van der Waals surface area contributed by atoms with Crippen LogP contribution in [0.5, 0.6) is 11.5 Å². The first-order valence-corrected chi connectivity index (χ1v) is 7.47. The van der Waals surface area contributed by atoms with Gasteiger partial charge in [0.1, 0.15) is 11.5 Å². The summed E-state index contributed by atoms with van der Waals surface area (Å²) in [6.07, 6.45) is 0. The predicted molar refractivity (Wildman–Crippen MR) is 88.9 cm³/mol. The zero-order valence-electron chi connectivity index (χ0n) is 13.2. The quantitative estimate of drug-likeness (QED) is 0.825. The number of likely N-dealkylation sites (N-methyl/N-ethyl adjacent to an activating group) is 2. The van der Waals surface area contributed by atoms with Crippen LogP contribution in [-0.2, 0) is 13.1 Å². The molecule has 0 aliphatic heterocycles. The van der Waals surface area contributed by atoms with Gasteiger partial charge in [-0.2, -0.15) is 0 Å². The SMILES string of the molecule is CN(CCN(C)Cc1ccccc1O)Cc1ccccc1O. The van der Waals surface area contributed by atoms with Crippen molar-refractivity contribution in [2.75, 3.05) is 27.2 Å². The third kappa shape index (κ3) is 4.76. The minimum atomic E-state index is 0.344. The molecule has 0 aromatic heterocycles. The molecular formula is C18H24N2O2. The zero-order valence-corrected chi connectivity index (χ0v) is 13.2. The van der Waals surface area contributed by atoms with Gasteiger partial charge in [0, 0.05) is 37.3 Å². The molecule has 0 atom stereocenters. The second kappa shape index (κ2) is 7.82. The highest BCUT2D eigenvalue weighted by molar-refractivity contribution is 5.32. The van der Waals surface area contributed by atoms with E-state index in [-0.39, 0.29) is 0 Å². The van der Waals surface area contributed by atoms with Crippen molar-refractivity contribution in [1.29, 1.82) is 0 Å². The molecule has 0 heterocycles. The molecule has 118 valence electrons. The fourth-order valence-electron chi connectivity index (χ4n) is 2.37. The van der Waals surface area contributed by atoms with Crippen molar-refractivity contribution in [3.8, 4) is 11.5 Å². The van der Waals surface area contributed by atoms with Gasteiger partial charge < -0.3 is 20.0 Å². The summed E-state index contributed by atoms with van der Waals surface area (Å²) in [6, 6.07) is 14.9. The van der Waals surface area contributed by atoms with Crippen molar-refractivity contribution in [3.05, 3.63) is 59.7 Å². The predicted octanol–water partition coefficient (Wildman–Crippen LogP) is 2.66. The Balaban J connectivity index is 1.80. The minimum Gasteiger partial charge on any atom is -0.508 e. The summed E-state index contributed by atoms with van der Waals surface area (Å²) in [4.78, 5) is 4.35. The standard InChI is InChI=1S/C18H24N2O2/c1-19(13-15-7-3-5-9-17(15)21)11-12-20(2)14-16-8-4-6-10-18(16)22/h3-10,21-22H,11-14H2,1-2H3. The first-order valence-electron chi connectivity index (χ1n) is 7.47. The van der Waals surface area contributed by atoms with E-state index in [0.717, 1.165) is 37.3 Å². The number of phenolic OH excluding ortho intramolecular Hbond substituents is 2. The van der Waals surface area contributed by atoms with Gasteiger partial charge in [-0.15, -0.1) is 0 Å². The number of rotatable bonds is 7. The van der Waals surface area contributed by atoms with Crippen molar-refractivity contribution in [2.24, 2.45) is 0 Å². The molecule has 0 unspecified atom stereocenters. The smallest absolute Gasteiger partial charge is 0.120 e. The Morgan fingerprint density at radius 3 is 1.41 bits per heavy atom. The number of aromatic hydroxyl groups is 2. The number of para-hydroxylation sites is 2. The van der Waals surface area contributed by atoms with Crippen LogP contribution in [0.1, 0.15) is 11.1 Å². The molecule has 0 saturated heterocycles. The Kier molecular flexibility index (Phi) is 5.81. The molecule has 0 fully saturated rings. The lowest BCUT2D eigenvalue weighted by atomic mass is 10.2. The first kappa shape index (κ1) is 16.3. The van der Waals surface area contributed by atoms with Gasteiger partial charge in [-0.25, -0.2) is 0 Å². The number of benzene rings is 2. The van der Waals surface area contributed by atoms with E-state index in [1.54, 1.807) is 12.1 Å². The maximum Gasteiger partial charge on any atom is 0.120 e. The van der Waals surface area contributed by atoms with Gasteiger partial charge in [-0.1, -0.05) is 36.4 Å². The molecule has 2 rings (SSSR count). The summed E-state index contributed by atoms with van der Waals surface area (Å²) in [5.41, 5.74) is 1.88. The maximum absolute atomic E-state index is 9.80. The van der Waals surface area contributed by atoms with Crippen LogP contribution >= 0.6 is 0 Å². The van der Waals surface area contributed by atoms with E-state index in [4.69, 9.17) is 0 Å². The van der Waals surface area contributed by atoms with Crippen LogP contribution in [0.4, 0.5) is 0 Å². The van der Waals surface area contributed by atoms with E-state index in [9.17, 15) is 10.2 Å². The molecule has 0 saturated carbocycles. The fraction of sp³-hybridized carbons (Fsp3) is 0.333. The summed E-state index contributed by atoms with van der Waals surface area (Å²) >= 11 is 0. The van der Waals surface area contributed by atoms with Crippen LogP contribution in [-0.4, -0.2) is 47.2 Å². The Morgan fingerprint density at radius 2 is 1.05 bits per heavy atom. The molecule has 2 aromatic rings. The lowest BCUT2D eigenvalue weighted by Gasteiger charge is -2.22. The van der Waals surface area contributed by atoms with Crippen LogP contribution in [0.25, 0.3) is 0 Å². The van der Waals surface area contributed by atoms with Gasteiger partial charge in [0.05, 0.1) is 0 Å². The summed E-state index contributed by atoms with van der Waals surface area (Å²) < 4.78 is 0. The normalized spacial score (nSPS) is 11.3. The summed E-state index contributed by atoms with van der Waals surface area (Å²) in [5, 5.41) is 19.6. The van der Waals surface area contributed by atoms with Gasteiger partial charge in [0.15, 0.2) is 0 Å². The molecule has 22 heavy (non-hydrogen) atoms. The highest BCUT2D eigenvalue weighted by atomic mass is 16.3. The second-order valence-electron chi connectivity index (χ2n) is 5.73. The van der Waals surface area contributed by atoms with E-state index in [1.165, 1.54) is 0 Å². The lowest BCUT2D eigenvalue weighted by Crippen LogP contribution is -2.30. The molecule has 0 aliphatic rings. The number of hydrogen-bond acceptors (Lipinski definition) is 4. The average molecular weight is 300 g/mol. The van der Waals surface area contributed by atoms with Gasteiger partial charge in [0.25, 0.3) is 0 Å². The van der Waals surface area contributed by atoms with Crippen LogP contribution in [0.2, 0.25) is 0 Å². The molecule has 4 nitrogen and oxygen atoms in total. The Morgan fingerprint density at radius 1 is 0.682 bits per heavy atom. The van der Waals surface area contributed by atoms with Crippen LogP contribution < -0.4 is 0 Å². The van der Waals surface area contributed by atoms with E-state index in [2.05, 4.69) is 9.80 Å². The monoisotopic (exact) mass is 300 g/mol. The summed E-state index contributed by atoms with van der Waals surface area (Å²) in [7, 11) is 4.08. The average Bonchev–Trinajstić information content (AvgIpc) is 2.50. The number of nitrogens with zero attached hydrogens (tertiary/aromatic N) is 2. The highest BCUT2D eigenvalue weighted by Crippen LogP contribution is 2.18. The van der Waals surface area contributed by atoms with Crippen molar-refractivity contribution >= 4 is 0 Å². The van der Waals surface area contributed by atoms with Gasteiger partial charge in [0.2, 0.25) is 0 Å². The van der Waals surface area contributed by atoms with Crippen molar-refractivity contribution in [3.63, 3.8) is 0 Å².